The van der Waals surface area contributed by atoms with Gasteiger partial charge < -0.3 is 15.4 Å². The fourth-order valence-electron chi connectivity index (χ4n) is 1.49. The minimum absolute atomic E-state index is 0.401. The van der Waals surface area contributed by atoms with Gasteiger partial charge in [-0.2, -0.15) is 10.3 Å². The molecule has 2 N–H and O–H groups in total. The number of pyridine rings is 2. The van der Waals surface area contributed by atoms with Gasteiger partial charge in [-0.15, -0.1) is 9.97 Å². The van der Waals surface area contributed by atoms with Crippen LogP contribution in [-0.4, -0.2) is 15.1 Å². The summed E-state index contributed by atoms with van der Waals surface area (Å²) in [4.78, 5) is 17.9. The molecule has 2 rings (SSSR count). The number of nitriles is 1. The number of thiocarbonyl (C=S) groups is 1. The van der Waals surface area contributed by atoms with Crippen LogP contribution in [0.2, 0.25) is 0 Å². The molecule has 0 saturated heterocycles. The molecule has 0 saturated carbocycles. The van der Waals surface area contributed by atoms with Crippen LogP contribution in [0.15, 0.2) is 29.5 Å². The van der Waals surface area contributed by atoms with Crippen molar-refractivity contribution in [2.24, 2.45) is 4.99 Å². The molecule has 0 unspecified atom stereocenters. The van der Waals surface area contributed by atoms with Gasteiger partial charge in [0, 0.05) is 6.92 Å². The van der Waals surface area contributed by atoms with Crippen LogP contribution >= 0.6 is 49.4 Å². The molecule has 0 aliphatic heterocycles. The van der Waals surface area contributed by atoms with Crippen molar-refractivity contribution in [1.82, 2.24) is 9.97 Å². The van der Waals surface area contributed by atoms with Crippen LogP contribution in [0, 0.1) is 38.3 Å². The SMILES string of the molecule is CC#N.I[I-]I.[C-]#[N+]c1ncc(N)cc1C.[C-]#[N+]c1ncc(N=C=S)cc1C. The molecule has 2 aromatic heterocycles. The second-order valence-corrected chi connectivity index (χ2v) is 20.9. The fraction of sp³-hybridized carbons (Fsp3) is 0.176. The van der Waals surface area contributed by atoms with Crippen LogP contribution in [-0.2, 0) is 0 Å². The van der Waals surface area contributed by atoms with Crippen LogP contribution in [0.3, 0.4) is 0 Å². The van der Waals surface area contributed by atoms with E-state index in [1.54, 1.807) is 18.2 Å². The number of nitrogens with zero attached hydrogens (tertiary/aromatic N) is 6. The smallest absolute Gasteiger partial charge is 0.272 e. The van der Waals surface area contributed by atoms with Gasteiger partial charge >= 0.3 is 50.5 Å². The number of aryl methyl sites for hydroxylation is 2. The van der Waals surface area contributed by atoms with Crippen LogP contribution < -0.4 is 19.0 Å². The number of aliphatic imine (C=N–C) groups is 1. The number of hydrogen-bond donors (Lipinski definition) is 1. The van der Waals surface area contributed by atoms with E-state index in [0.717, 1.165) is 11.1 Å². The zero-order valence-corrected chi connectivity index (χ0v) is 22.4. The minimum Gasteiger partial charge on any atom is -0.396 e. The molecule has 11 heteroatoms. The standard InChI is InChI=1S/C8H5N3S.C7H7N3.C2H3N.I3/c1-6-3-7(11-5-12)4-10-8(6)9-2;1-5-3-6(8)4-10-7(5)9-2;1-2-3;1-3-2/h3-4H,1H3;3-4H,8H2,1H3;1H3;/q;;;-1. The Morgan fingerprint density at radius 1 is 1.14 bits per heavy atom. The van der Waals surface area contributed by atoms with E-state index in [0.29, 0.717) is 36.3 Å². The van der Waals surface area contributed by atoms with Crippen LogP contribution in [0.4, 0.5) is 23.0 Å². The maximum absolute atomic E-state index is 7.32. The molecule has 0 spiro atoms. The van der Waals surface area contributed by atoms with E-state index < -0.39 is 0 Å². The van der Waals surface area contributed by atoms with Crippen LogP contribution in [0.1, 0.15) is 18.1 Å². The van der Waals surface area contributed by atoms with E-state index in [9.17, 15) is 0 Å². The van der Waals surface area contributed by atoms with Crippen LogP contribution in [0.25, 0.3) is 9.69 Å². The predicted octanol–water partition coefficient (Wildman–Crippen LogP) is 3.50. The summed E-state index contributed by atoms with van der Waals surface area (Å²) in [7, 11) is 0. The average Bonchev–Trinajstić information content (AvgIpc) is 2.64. The Bertz CT molecular complexity index is 924. The maximum Gasteiger partial charge on any atom is 0.272 e. The van der Waals surface area contributed by atoms with Gasteiger partial charge in [0.15, 0.2) is 0 Å². The van der Waals surface area contributed by atoms with Crippen molar-refractivity contribution in [3.05, 3.63) is 58.5 Å². The van der Waals surface area contributed by atoms with E-state index in [-0.39, 0.29) is 0 Å². The molecule has 0 bridgehead atoms. The molecular weight excluding hydrogens is 715 g/mol. The van der Waals surface area contributed by atoms with Gasteiger partial charge in [0.25, 0.3) is 11.6 Å². The number of nitrogens with two attached hydrogens (primary N) is 1. The van der Waals surface area contributed by atoms with Crippen molar-refractivity contribution in [3.63, 3.8) is 0 Å². The van der Waals surface area contributed by atoms with Gasteiger partial charge in [0.2, 0.25) is 0 Å². The maximum atomic E-state index is 7.32. The third-order valence-corrected chi connectivity index (χ3v) is 2.59. The van der Waals surface area contributed by atoms with Crippen LogP contribution in [0.5, 0.6) is 0 Å². The second-order valence-electron chi connectivity index (χ2n) is 4.45. The van der Waals surface area contributed by atoms with E-state index in [2.05, 4.69) is 79.3 Å². The van der Waals surface area contributed by atoms with Gasteiger partial charge in [-0.1, -0.05) is 13.1 Å². The van der Waals surface area contributed by atoms with Crippen molar-refractivity contribution in [1.29, 1.82) is 5.26 Å². The van der Waals surface area contributed by atoms with Crippen molar-refractivity contribution in [3.8, 4) is 6.07 Å². The van der Waals surface area contributed by atoms with E-state index in [1.165, 1.54) is 19.3 Å². The summed E-state index contributed by atoms with van der Waals surface area (Å²) in [6.45, 7) is 18.5. The first-order valence-electron chi connectivity index (χ1n) is 7.04. The first kappa shape index (κ1) is 28.8. The zero-order valence-electron chi connectivity index (χ0n) is 15.1. The van der Waals surface area contributed by atoms with Crippen molar-refractivity contribution >= 4 is 77.6 Å². The number of anilines is 1. The Balaban J connectivity index is 0. The summed E-state index contributed by atoms with van der Waals surface area (Å²) >= 11 is 9.73. The largest absolute Gasteiger partial charge is 0.396 e. The summed E-state index contributed by atoms with van der Waals surface area (Å²) in [5.41, 5.74) is 8.28. The molecule has 28 heavy (non-hydrogen) atoms. The Morgan fingerprint density at radius 2 is 1.57 bits per heavy atom. The number of nitrogen functional groups attached to an aromatic ring is 1. The van der Waals surface area contributed by atoms with E-state index >= 15 is 0 Å². The molecule has 146 valence electrons. The van der Waals surface area contributed by atoms with Crippen molar-refractivity contribution < 1.29 is 13.3 Å². The summed E-state index contributed by atoms with van der Waals surface area (Å²) in [6, 6.07) is 5.24. The van der Waals surface area contributed by atoms with Gasteiger partial charge in [-0.05, 0) is 49.3 Å². The minimum atomic E-state index is 0.401. The van der Waals surface area contributed by atoms with Crippen molar-refractivity contribution in [2.75, 3.05) is 5.73 Å². The van der Waals surface area contributed by atoms with Gasteiger partial charge in [-0.25, -0.2) is 0 Å². The molecule has 0 amide bonds. The topological polar surface area (TPSA) is 96.7 Å². The Kier molecular flexibility index (Phi) is 19.4. The van der Waals surface area contributed by atoms with Gasteiger partial charge in [0.1, 0.15) is 18.1 Å². The number of halogens is 3. The molecule has 2 heterocycles. The molecule has 0 atom stereocenters. The number of hydrogen-bond acceptors (Lipinski definition) is 6. The molecule has 0 radical (unpaired) electrons. The molecule has 0 aliphatic rings. The molecular formula is C17H15I3N7S-. The van der Waals surface area contributed by atoms with E-state index in [4.69, 9.17) is 24.1 Å². The fourth-order valence-corrected chi connectivity index (χ4v) is 1.60. The predicted molar refractivity (Wildman–Crippen MR) is 129 cm³/mol. The number of rotatable bonds is 1. The normalized spacial score (nSPS) is 7.79. The monoisotopic (exact) mass is 730 g/mol. The zero-order chi connectivity index (χ0) is 21.9. The third kappa shape index (κ3) is 13.7. The number of isothiocyanates is 1. The first-order chi connectivity index (χ1) is 13.3. The second kappa shape index (κ2) is 18.9. The summed E-state index contributed by atoms with van der Waals surface area (Å²) in [6.07, 6.45) is 2.99. The quantitative estimate of drug-likeness (QED) is 0.210. The molecule has 0 fully saturated rings. The molecule has 0 aromatic carbocycles. The summed E-state index contributed by atoms with van der Waals surface area (Å²) in [5.74, 6) is 0.826. The molecule has 7 nitrogen and oxygen atoms in total. The summed E-state index contributed by atoms with van der Waals surface area (Å²) < 4.78 is 0. The van der Waals surface area contributed by atoms with E-state index in [1.807, 2.05) is 13.8 Å². The number of aromatic nitrogens is 2. The van der Waals surface area contributed by atoms with Crippen molar-refractivity contribution in [2.45, 2.75) is 20.8 Å². The Hall–Kier alpha value is -1.44. The Morgan fingerprint density at radius 3 is 1.93 bits per heavy atom. The molecule has 0 aliphatic carbocycles. The Labute approximate surface area is 200 Å². The average molecular weight is 730 g/mol. The van der Waals surface area contributed by atoms with Gasteiger partial charge in [0.05, 0.1) is 16.9 Å². The summed E-state index contributed by atoms with van der Waals surface area (Å²) in [5, 5.41) is 9.56. The van der Waals surface area contributed by atoms with Gasteiger partial charge in [-0.3, -0.25) is 0 Å². The first-order valence-corrected chi connectivity index (χ1v) is 20.0. The third-order valence-electron chi connectivity index (χ3n) is 2.49. The molecule has 2 aromatic rings.